The van der Waals surface area contributed by atoms with Gasteiger partial charge >= 0.3 is 11.9 Å². The lowest BCUT2D eigenvalue weighted by atomic mass is 9.94. The van der Waals surface area contributed by atoms with Crippen molar-refractivity contribution in [2.45, 2.75) is 363 Å². The molecular formula is C68H138N2O4. The topological polar surface area (TPSA) is 59.1 Å². The average molecular weight is 1050 g/mol. The molecule has 2 atom stereocenters. The van der Waals surface area contributed by atoms with Gasteiger partial charge in [-0.3, -0.25) is 9.59 Å². The van der Waals surface area contributed by atoms with Crippen LogP contribution in [0.25, 0.3) is 0 Å². The molecule has 0 heterocycles. The van der Waals surface area contributed by atoms with Gasteiger partial charge in [0.15, 0.2) is 0 Å². The van der Waals surface area contributed by atoms with E-state index in [1.165, 1.54) is 296 Å². The van der Waals surface area contributed by atoms with Crippen LogP contribution in [0.15, 0.2) is 0 Å². The van der Waals surface area contributed by atoms with Gasteiger partial charge in [0.2, 0.25) is 0 Å². The van der Waals surface area contributed by atoms with Crippen LogP contribution in [-0.4, -0.2) is 75.2 Å². The minimum Gasteiger partial charge on any atom is -0.465 e. The predicted octanol–water partition coefficient (Wildman–Crippen LogP) is 21.8. The fourth-order valence-electron chi connectivity index (χ4n) is 10.5. The molecule has 6 heteroatoms. The van der Waals surface area contributed by atoms with Gasteiger partial charge in [-0.1, -0.05) is 298 Å². The van der Waals surface area contributed by atoms with Gasteiger partial charge in [0.25, 0.3) is 0 Å². The summed E-state index contributed by atoms with van der Waals surface area (Å²) < 4.78 is 11.8. The Morgan fingerprint density at radius 1 is 0.284 bits per heavy atom. The Labute approximate surface area is 466 Å². The summed E-state index contributed by atoms with van der Waals surface area (Å²) in [5.41, 5.74) is 0. The number of nitrogens with zero attached hydrogens (tertiary/aromatic N) is 2. The fourth-order valence-corrected chi connectivity index (χ4v) is 10.5. The Kier molecular flexibility index (Phi) is 65.2. The van der Waals surface area contributed by atoms with Gasteiger partial charge in [0.1, 0.15) is 0 Å². The summed E-state index contributed by atoms with van der Waals surface area (Å²) in [6.07, 6.45) is 63.8. The van der Waals surface area contributed by atoms with E-state index in [1.807, 2.05) is 0 Å². The van der Waals surface area contributed by atoms with Gasteiger partial charge < -0.3 is 19.3 Å². The molecule has 0 spiro atoms. The monoisotopic (exact) mass is 1050 g/mol. The van der Waals surface area contributed by atoms with E-state index in [0.717, 1.165) is 38.8 Å². The molecule has 6 nitrogen and oxygen atoms in total. The zero-order valence-corrected chi connectivity index (χ0v) is 52.3. The van der Waals surface area contributed by atoms with Gasteiger partial charge in [0, 0.05) is 25.9 Å². The molecule has 0 bridgehead atoms. The average Bonchev–Trinajstić information content (AvgIpc) is 3.39. The van der Waals surface area contributed by atoms with E-state index >= 15 is 0 Å². The fraction of sp³-hybridized carbons (Fsp3) is 0.971. The Hall–Kier alpha value is -1.14. The molecule has 0 radical (unpaired) electrons. The summed E-state index contributed by atoms with van der Waals surface area (Å²) in [7, 11) is 4.35. The molecular weight excluding hydrogens is 909 g/mol. The maximum absolute atomic E-state index is 12.7. The summed E-state index contributed by atoms with van der Waals surface area (Å²) in [5, 5.41) is 0. The summed E-state index contributed by atoms with van der Waals surface area (Å²) in [6, 6.07) is 0. The lowest BCUT2D eigenvalue weighted by Crippen LogP contribution is -2.33. The highest BCUT2D eigenvalue weighted by Crippen LogP contribution is 2.23. The van der Waals surface area contributed by atoms with E-state index in [0.29, 0.717) is 37.9 Å². The maximum atomic E-state index is 12.7. The van der Waals surface area contributed by atoms with E-state index in [2.05, 4.69) is 65.4 Å². The lowest BCUT2D eigenvalue weighted by molar-refractivity contribution is -0.146. The number of unbranched alkanes of at least 4 members (excludes halogenated alkanes) is 37. The van der Waals surface area contributed by atoms with Crippen LogP contribution in [-0.2, 0) is 19.1 Å². The standard InChI is InChI=1S/C60H120N2O4.C8H18/c1-7-11-15-19-23-25-31-39-47-57(45-37-29-21-17-13-9-3)55-65-59(63)49-41-33-27-35-43-51-62(54-53-61(5)6)52-44-36-28-34-42-50-60(64)66-56-58(46-38-30-22-18-14-10-4)48-40-32-26-24-20-16-12-8-2;1-3-5-7-8-6-4-2/h57-58H,7-56H2,1-6H3;3-8H2,1-2H3. The molecule has 0 saturated heterocycles. The van der Waals surface area contributed by atoms with Crippen molar-refractivity contribution >= 4 is 11.9 Å². The molecule has 0 N–H and O–H groups in total. The summed E-state index contributed by atoms with van der Waals surface area (Å²) >= 11 is 0. The van der Waals surface area contributed by atoms with E-state index < -0.39 is 0 Å². The van der Waals surface area contributed by atoms with Crippen LogP contribution in [0.5, 0.6) is 0 Å². The maximum Gasteiger partial charge on any atom is 0.305 e. The molecule has 0 rings (SSSR count). The van der Waals surface area contributed by atoms with Gasteiger partial charge in [-0.05, 0) is 90.4 Å². The first-order valence-corrected chi connectivity index (χ1v) is 34.0. The van der Waals surface area contributed by atoms with Gasteiger partial charge in [-0.25, -0.2) is 0 Å². The van der Waals surface area contributed by atoms with E-state index in [4.69, 9.17) is 9.47 Å². The second kappa shape index (κ2) is 64.4. The second-order valence-electron chi connectivity index (χ2n) is 23.8. The molecule has 444 valence electrons. The van der Waals surface area contributed by atoms with Crippen molar-refractivity contribution in [2.24, 2.45) is 11.8 Å². The molecule has 0 amide bonds. The highest BCUT2D eigenvalue weighted by Gasteiger charge is 2.15. The summed E-state index contributed by atoms with van der Waals surface area (Å²) in [6.45, 7) is 19.5. The van der Waals surface area contributed by atoms with Crippen molar-refractivity contribution in [3.63, 3.8) is 0 Å². The number of hydrogen-bond donors (Lipinski definition) is 0. The molecule has 0 aliphatic carbocycles. The minimum absolute atomic E-state index is 0.0282. The third-order valence-corrected chi connectivity index (χ3v) is 15.9. The van der Waals surface area contributed by atoms with Crippen LogP contribution in [0, 0.1) is 11.8 Å². The molecule has 0 aromatic heterocycles. The van der Waals surface area contributed by atoms with E-state index in [9.17, 15) is 9.59 Å². The highest BCUT2D eigenvalue weighted by atomic mass is 16.5. The molecule has 2 unspecified atom stereocenters. The number of carbonyl (C=O) groups is 2. The number of esters is 2. The van der Waals surface area contributed by atoms with Gasteiger partial charge in [-0.2, -0.15) is 0 Å². The highest BCUT2D eigenvalue weighted by molar-refractivity contribution is 5.69. The van der Waals surface area contributed by atoms with Crippen LogP contribution in [0.4, 0.5) is 0 Å². The van der Waals surface area contributed by atoms with Crippen molar-refractivity contribution in [2.75, 3.05) is 53.5 Å². The Balaban J connectivity index is 0. The Morgan fingerprint density at radius 2 is 0.514 bits per heavy atom. The quantitative estimate of drug-likeness (QED) is 0.0447. The number of hydrogen-bond acceptors (Lipinski definition) is 6. The minimum atomic E-state index is 0.0282. The predicted molar refractivity (Wildman–Crippen MR) is 329 cm³/mol. The van der Waals surface area contributed by atoms with Crippen molar-refractivity contribution in [1.29, 1.82) is 0 Å². The first-order chi connectivity index (χ1) is 36.3. The van der Waals surface area contributed by atoms with Crippen molar-refractivity contribution in [3.05, 3.63) is 0 Å². The molecule has 0 saturated carbocycles. The summed E-state index contributed by atoms with van der Waals surface area (Å²) in [5.74, 6) is 1.15. The number of carbonyl (C=O) groups excluding carboxylic acids is 2. The van der Waals surface area contributed by atoms with Crippen molar-refractivity contribution in [1.82, 2.24) is 9.80 Å². The van der Waals surface area contributed by atoms with Crippen LogP contribution < -0.4 is 0 Å². The number of rotatable bonds is 60. The van der Waals surface area contributed by atoms with Crippen LogP contribution in [0.3, 0.4) is 0 Å². The largest absolute Gasteiger partial charge is 0.465 e. The zero-order chi connectivity index (χ0) is 54.5. The number of likely N-dealkylation sites (N-methyl/N-ethyl adjacent to an activating group) is 1. The normalized spacial score (nSPS) is 12.4. The Bertz CT molecular complexity index is 992. The second-order valence-corrected chi connectivity index (χ2v) is 23.8. The third-order valence-electron chi connectivity index (χ3n) is 15.9. The van der Waals surface area contributed by atoms with E-state index in [-0.39, 0.29) is 11.9 Å². The third kappa shape index (κ3) is 61.7. The molecule has 74 heavy (non-hydrogen) atoms. The van der Waals surface area contributed by atoms with Crippen LogP contribution in [0.1, 0.15) is 363 Å². The van der Waals surface area contributed by atoms with Crippen molar-refractivity contribution in [3.8, 4) is 0 Å². The molecule has 0 aromatic carbocycles. The van der Waals surface area contributed by atoms with Crippen LogP contribution >= 0.6 is 0 Å². The van der Waals surface area contributed by atoms with Crippen molar-refractivity contribution < 1.29 is 19.1 Å². The smallest absolute Gasteiger partial charge is 0.305 e. The van der Waals surface area contributed by atoms with Crippen LogP contribution in [0.2, 0.25) is 0 Å². The molecule has 0 aromatic rings. The van der Waals surface area contributed by atoms with Gasteiger partial charge in [-0.15, -0.1) is 0 Å². The number of ether oxygens (including phenoxy) is 2. The SMILES string of the molecule is CCCCCCCC.CCCCCCCCCCC(CCCCCCCC)COC(=O)CCCCCCCN(CCCCCCCC(=O)OCC(CCCCCCCC)CCCCCCCCCC)CCN(C)C. The molecule has 0 fully saturated rings. The first kappa shape index (κ1) is 74.9. The zero-order valence-electron chi connectivity index (χ0n) is 52.3. The summed E-state index contributed by atoms with van der Waals surface area (Å²) in [4.78, 5) is 30.4. The van der Waals surface area contributed by atoms with Gasteiger partial charge in [0.05, 0.1) is 13.2 Å². The van der Waals surface area contributed by atoms with E-state index in [1.54, 1.807) is 0 Å². The Morgan fingerprint density at radius 3 is 0.770 bits per heavy atom. The molecule has 0 aliphatic heterocycles. The molecule has 0 aliphatic rings. The first-order valence-electron chi connectivity index (χ1n) is 34.0. The lowest BCUT2D eigenvalue weighted by Gasteiger charge is -2.24.